The highest BCUT2D eigenvalue weighted by molar-refractivity contribution is 5.69. The molecule has 1 rings (SSSR count). The predicted octanol–water partition coefficient (Wildman–Crippen LogP) is 0.760. The first-order valence-corrected chi connectivity index (χ1v) is 4.33. The van der Waals surface area contributed by atoms with Gasteiger partial charge in [0.2, 0.25) is 0 Å². The van der Waals surface area contributed by atoms with Gasteiger partial charge in [-0.05, 0) is 19.1 Å². The SMILES string of the molecule is COC(=O)CCNc1ccc(C)nn1. The fourth-order valence-corrected chi connectivity index (χ4v) is 0.888. The van der Waals surface area contributed by atoms with E-state index in [1.54, 1.807) is 0 Å². The molecule has 0 spiro atoms. The van der Waals surface area contributed by atoms with Crippen molar-refractivity contribution < 1.29 is 9.53 Å². The maximum atomic E-state index is 10.8. The van der Waals surface area contributed by atoms with Crippen LogP contribution in [0.5, 0.6) is 0 Å². The average Bonchev–Trinajstić information content (AvgIpc) is 2.21. The quantitative estimate of drug-likeness (QED) is 0.718. The first kappa shape index (κ1) is 10.4. The molecule has 1 N–H and O–H groups in total. The van der Waals surface area contributed by atoms with Crippen LogP contribution in [0, 0.1) is 6.92 Å². The zero-order chi connectivity index (χ0) is 10.4. The number of ether oxygens (including phenoxy) is 1. The van der Waals surface area contributed by atoms with E-state index in [1.165, 1.54) is 7.11 Å². The Morgan fingerprint density at radius 2 is 2.29 bits per heavy atom. The van der Waals surface area contributed by atoms with E-state index in [1.807, 2.05) is 19.1 Å². The molecule has 76 valence electrons. The monoisotopic (exact) mass is 195 g/mol. The summed E-state index contributed by atoms with van der Waals surface area (Å²) in [5, 5.41) is 10.7. The molecule has 1 heterocycles. The molecular weight excluding hydrogens is 182 g/mol. The standard InChI is InChI=1S/C9H13N3O2/c1-7-3-4-8(12-11-7)10-6-5-9(13)14-2/h3-4H,5-6H2,1-2H3,(H,10,12). The van der Waals surface area contributed by atoms with E-state index in [-0.39, 0.29) is 5.97 Å². The summed E-state index contributed by atoms with van der Waals surface area (Å²) in [7, 11) is 1.37. The number of methoxy groups -OCH3 is 1. The van der Waals surface area contributed by atoms with Crippen LogP contribution < -0.4 is 5.32 Å². The Bertz CT molecular complexity index is 297. The number of hydrogen-bond acceptors (Lipinski definition) is 5. The number of nitrogens with zero attached hydrogens (tertiary/aromatic N) is 2. The van der Waals surface area contributed by atoms with Crippen LogP contribution in [-0.2, 0) is 9.53 Å². The van der Waals surface area contributed by atoms with Crippen molar-refractivity contribution >= 4 is 11.8 Å². The third kappa shape index (κ3) is 3.38. The average molecular weight is 195 g/mol. The van der Waals surface area contributed by atoms with Gasteiger partial charge in [-0.3, -0.25) is 4.79 Å². The lowest BCUT2D eigenvalue weighted by Crippen LogP contribution is -2.10. The summed E-state index contributed by atoms with van der Waals surface area (Å²) < 4.78 is 4.49. The molecule has 0 unspecified atom stereocenters. The van der Waals surface area contributed by atoms with Gasteiger partial charge in [-0.15, -0.1) is 5.10 Å². The second kappa shape index (κ2) is 5.16. The van der Waals surface area contributed by atoms with Crippen molar-refractivity contribution in [3.8, 4) is 0 Å². The number of esters is 1. The fourth-order valence-electron chi connectivity index (χ4n) is 0.888. The van der Waals surface area contributed by atoms with Gasteiger partial charge >= 0.3 is 5.97 Å². The lowest BCUT2D eigenvalue weighted by molar-refractivity contribution is -0.140. The molecule has 0 atom stereocenters. The number of rotatable bonds is 4. The third-order valence-electron chi connectivity index (χ3n) is 1.66. The van der Waals surface area contributed by atoms with E-state index in [4.69, 9.17) is 0 Å². The second-order valence-electron chi connectivity index (χ2n) is 2.81. The minimum atomic E-state index is -0.238. The fraction of sp³-hybridized carbons (Fsp3) is 0.444. The first-order chi connectivity index (χ1) is 6.72. The third-order valence-corrected chi connectivity index (χ3v) is 1.66. The molecule has 0 aliphatic rings. The molecule has 0 amide bonds. The van der Waals surface area contributed by atoms with Gasteiger partial charge in [-0.1, -0.05) is 0 Å². The molecule has 0 aliphatic carbocycles. The number of anilines is 1. The highest BCUT2D eigenvalue weighted by Crippen LogP contribution is 2.00. The lowest BCUT2D eigenvalue weighted by Gasteiger charge is -2.03. The van der Waals surface area contributed by atoms with Gasteiger partial charge in [0.15, 0.2) is 0 Å². The van der Waals surface area contributed by atoms with Gasteiger partial charge in [0, 0.05) is 6.54 Å². The number of hydrogen-bond donors (Lipinski definition) is 1. The largest absolute Gasteiger partial charge is 0.469 e. The van der Waals surface area contributed by atoms with Crippen molar-refractivity contribution in [2.24, 2.45) is 0 Å². The minimum absolute atomic E-state index is 0.238. The Morgan fingerprint density at radius 3 is 2.86 bits per heavy atom. The highest BCUT2D eigenvalue weighted by atomic mass is 16.5. The Labute approximate surface area is 82.5 Å². The van der Waals surface area contributed by atoms with Crippen LogP contribution in [0.2, 0.25) is 0 Å². The molecule has 1 aromatic heterocycles. The molecule has 5 heteroatoms. The maximum absolute atomic E-state index is 10.8. The van der Waals surface area contributed by atoms with Crippen molar-refractivity contribution in [2.75, 3.05) is 19.0 Å². The summed E-state index contributed by atoms with van der Waals surface area (Å²) in [5.41, 5.74) is 0.864. The lowest BCUT2D eigenvalue weighted by atomic mass is 10.4. The summed E-state index contributed by atoms with van der Waals surface area (Å²) in [4.78, 5) is 10.8. The number of nitrogens with one attached hydrogen (secondary N) is 1. The molecule has 0 fully saturated rings. The van der Waals surface area contributed by atoms with E-state index in [0.717, 1.165) is 5.69 Å². The van der Waals surface area contributed by atoms with E-state index >= 15 is 0 Å². The van der Waals surface area contributed by atoms with Crippen LogP contribution >= 0.6 is 0 Å². The van der Waals surface area contributed by atoms with Crippen LogP contribution in [0.25, 0.3) is 0 Å². The second-order valence-corrected chi connectivity index (χ2v) is 2.81. The van der Waals surface area contributed by atoms with Gasteiger partial charge in [0.05, 0.1) is 19.2 Å². The Morgan fingerprint density at radius 1 is 1.50 bits per heavy atom. The van der Waals surface area contributed by atoms with Gasteiger partial charge < -0.3 is 10.1 Å². The Balaban J connectivity index is 2.31. The van der Waals surface area contributed by atoms with Gasteiger partial charge in [-0.2, -0.15) is 5.10 Å². The normalized spacial score (nSPS) is 9.57. The molecule has 0 saturated heterocycles. The zero-order valence-electron chi connectivity index (χ0n) is 8.28. The van der Waals surface area contributed by atoms with Crippen LogP contribution in [0.4, 0.5) is 5.82 Å². The van der Waals surface area contributed by atoms with Gasteiger partial charge in [-0.25, -0.2) is 0 Å². The Kier molecular flexibility index (Phi) is 3.84. The zero-order valence-corrected chi connectivity index (χ0v) is 8.28. The smallest absolute Gasteiger partial charge is 0.307 e. The molecule has 0 saturated carbocycles. The van der Waals surface area contributed by atoms with Gasteiger partial charge in [0.25, 0.3) is 0 Å². The summed E-state index contributed by atoms with van der Waals surface area (Å²) in [6.45, 7) is 2.37. The number of aryl methyl sites for hydroxylation is 1. The van der Waals surface area contributed by atoms with Crippen LogP contribution in [-0.4, -0.2) is 29.8 Å². The molecule has 5 nitrogen and oxygen atoms in total. The van der Waals surface area contributed by atoms with E-state index in [2.05, 4.69) is 20.3 Å². The molecule has 0 bridgehead atoms. The first-order valence-electron chi connectivity index (χ1n) is 4.33. The summed E-state index contributed by atoms with van der Waals surface area (Å²) in [5.74, 6) is 0.428. The Hall–Kier alpha value is -1.65. The molecule has 0 aromatic carbocycles. The van der Waals surface area contributed by atoms with Crippen LogP contribution in [0.15, 0.2) is 12.1 Å². The molecule has 0 aliphatic heterocycles. The van der Waals surface area contributed by atoms with Gasteiger partial charge in [0.1, 0.15) is 5.82 Å². The summed E-state index contributed by atoms with van der Waals surface area (Å²) in [6, 6.07) is 3.67. The van der Waals surface area contributed by atoms with Crippen molar-refractivity contribution in [3.63, 3.8) is 0 Å². The van der Waals surface area contributed by atoms with E-state index in [0.29, 0.717) is 18.8 Å². The molecule has 0 radical (unpaired) electrons. The van der Waals surface area contributed by atoms with Crippen molar-refractivity contribution in [1.82, 2.24) is 10.2 Å². The minimum Gasteiger partial charge on any atom is -0.469 e. The van der Waals surface area contributed by atoms with E-state index in [9.17, 15) is 4.79 Å². The maximum Gasteiger partial charge on any atom is 0.307 e. The topological polar surface area (TPSA) is 64.1 Å². The summed E-state index contributed by atoms with van der Waals surface area (Å²) in [6.07, 6.45) is 0.325. The number of carbonyl (C=O) groups excluding carboxylic acids is 1. The van der Waals surface area contributed by atoms with Crippen LogP contribution in [0.3, 0.4) is 0 Å². The summed E-state index contributed by atoms with van der Waals surface area (Å²) >= 11 is 0. The van der Waals surface area contributed by atoms with E-state index < -0.39 is 0 Å². The highest BCUT2D eigenvalue weighted by Gasteiger charge is 1.99. The van der Waals surface area contributed by atoms with Crippen molar-refractivity contribution in [1.29, 1.82) is 0 Å². The molecule has 14 heavy (non-hydrogen) atoms. The molecule has 1 aromatic rings. The predicted molar refractivity (Wildman–Crippen MR) is 51.9 cm³/mol. The van der Waals surface area contributed by atoms with Crippen molar-refractivity contribution in [3.05, 3.63) is 17.8 Å². The number of carbonyl (C=O) groups is 1. The number of aromatic nitrogens is 2. The van der Waals surface area contributed by atoms with Crippen LogP contribution in [0.1, 0.15) is 12.1 Å². The van der Waals surface area contributed by atoms with Crippen molar-refractivity contribution in [2.45, 2.75) is 13.3 Å². The molecular formula is C9H13N3O2.